The number of fused-ring (bicyclic) bond motifs is 2. The van der Waals surface area contributed by atoms with Gasteiger partial charge in [0.2, 0.25) is 5.91 Å². The minimum atomic E-state index is -0.722. The Labute approximate surface area is 265 Å². The van der Waals surface area contributed by atoms with Gasteiger partial charge in [0.1, 0.15) is 11.9 Å². The van der Waals surface area contributed by atoms with Crippen molar-refractivity contribution in [2.75, 3.05) is 32.7 Å². The minimum absolute atomic E-state index is 0.00490. The Hall–Kier alpha value is -4.02. The van der Waals surface area contributed by atoms with Crippen molar-refractivity contribution < 1.29 is 9.18 Å². The van der Waals surface area contributed by atoms with Gasteiger partial charge >= 0.3 is 0 Å². The van der Waals surface area contributed by atoms with Gasteiger partial charge in [-0.3, -0.25) is 24.2 Å². The number of aryl methyl sites for hydroxylation is 1. The molecular formula is C34H36ClFN8O. The maximum atomic E-state index is 13.7. The number of carbonyl (C=O) groups is 1. The van der Waals surface area contributed by atoms with Crippen LogP contribution in [0.2, 0.25) is 5.02 Å². The van der Waals surface area contributed by atoms with Crippen LogP contribution in [-0.4, -0.2) is 84.4 Å². The molecule has 45 heavy (non-hydrogen) atoms. The van der Waals surface area contributed by atoms with Gasteiger partial charge in [0.05, 0.1) is 41.0 Å². The van der Waals surface area contributed by atoms with Crippen molar-refractivity contribution in [3.8, 4) is 22.4 Å². The fourth-order valence-corrected chi connectivity index (χ4v) is 8.13. The summed E-state index contributed by atoms with van der Waals surface area (Å²) in [4.78, 5) is 16.1. The summed E-state index contributed by atoms with van der Waals surface area (Å²) in [5.74, 6) is 0.00490. The predicted molar refractivity (Wildman–Crippen MR) is 174 cm³/mol. The zero-order chi connectivity index (χ0) is 31.0. The van der Waals surface area contributed by atoms with Crippen molar-refractivity contribution in [1.29, 1.82) is 0 Å². The van der Waals surface area contributed by atoms with Crippen molar-refractivity contribution in [1.82, 2.24) is 39.6 Å². The molecule has 232 valence electrons. The molecule has 2 saturated heterocycles. The molecule has 3 aromatic heterocycles. The number of nitrogens with one attached hydrogen (secondary N) is 1. The molecule has 2 aliphatic heterocycles. The molecule has 9 nitrogen and oxygen atoms in total. The highest BCUT2D eigenvalue weighted by Gasteiger charge is 2.54. The molecule has 1 N–H and O–H groups in total. The molecule has 1 amide bonds. The van der Waals surface area contributed by atoms with Crippen LogP contribution >= 0.6 is 11.6 Å². The molecule has 8 rings (SSSR count). The number of carbonyl (C=O) groups excluding carboxylic acids is 1. The van der Waals surface area contributed by atoms with E-state index in [4.69, 9.17) is 16.7 Å². The van der Waals surface area contributed by atoms with Crippen LogP contribution in [0.15, 0.2) is 49.3 Å². The summed E-state index contributed by atoms with van der Waals surface area (Å²) in [6.07, 6.45) is 6.99. The lowest BCUT2D eigenvalue weighted by atomic mass is 9.60. The Morgan fingerprint density at radius 3 is 2.76 bits per heavy atom. The van der Waals surface area contributed by atoms with E-state index >= 15 is 0 Å². The summed E-state index contributed by atoms with van der Waals surface area (Å²) in [5, 5.41) is 20.1. The summed E-state index contributed by atoms with van der Waals surface area (Å²) >= 11 is 7.10. The highest BCUT2D eigenvalue weighted by Crippen LogP contribution is 2.55. The molecule has 0 unspecified atom stereocenters. The summed E-state index contributed by atoms with van der Waals surface area (Å²) in [5.41, 5.74) is 7.99. The molecule has 11 heteroatoms. The van der Waals surface area contributed by atoms with Crippen molar-refractivity contribution >= 4 is 39.3 Å². The van der Waals surface area contributed by atoms with Crippen LogP contribution in [-0.2, 0) is 11.3 Å². The zero-order valence-corrected chi connectivity index (χ0v) is 26.3. The first-order chi connectivity index (χ1) is 21.7. The third kappa shape index (κ3) is 4.60. The number of nitrogens with zero attached hydrogens (tertiary/aromatic N) is 7. The first-order valence-corrected chi connectivity index (χ1v) is 16.1. The zero-order valence-electron chi connectivity index (χ0n) is 25.6. The van der Waals surface area contributed by atoms with Crippen LogP contribution in [0.25, 0.3) is 44.2 Å². The van der Waals surface area contributed by atoms with Crippen LogP contribution in [0, 0.1) is 19.3 Å². The SMILES string of the molecule is C=CC(=O)N1CC2(CC(n3nc(-c4ccc5c(cnn5CCN5CC[C@H](F)C5)c4)c(-c4c(Cl)c(C)cc5[nH]ncc45)c3C)C2)C1. The largest absolute Gasteiger partial charge is 0.338 e. The van der Waals surface area contributed by atoms with Gasteiger partial charge in [-0.15, -0.1) is 0 Å². The molecule has 3 fully saturated rings. The summed E-state index contributed by atoms with van der Waals surface area (Å²) < 4.78 is 17.9. The predicted octanol–water partition coefficient (Wildman–Crippen LogP) is 6.11. The number of benzene rings is 2. The van der Waals surface area contributed by atoms with Gasteiger partial charge in [-0.25, -0.2) is 4.39 Å². The number of alkyl halides is 1. The molecule has 1 atom stereocenters. The number of likely N-dealkylation sites (tertiary alicyclic amines) is 2. The first kappa shape index (κ1) is 28.5. The summed E-state index contributed by atoms with van der Waals surface area (Å²) in [6.45, 7) is 12.1. The van der Waals surface area contributed by atoms with E-state index in [0.29, 0.717) is 24.5 Å². The van der Waals surface area contributed by atoms with Crippen LogP contribution in [0.5, 0.6) is 0 Å². The molecule has 0 bridgehead atoms. The van der Waals surface area contributed by atoms with Gasteiger partial charge in [0.15, 0.2) is 0 Å². The lowest BCUT2D eigenvalue weighted by molar-refractivity contribution is -0.149. The highest BCUT2D eigenvalue weighted by molar-refractivity contribution is 6.36. The number of halogens is 2. The van der Waals surface area contributed by atoms with Gasteiger partial charge in [-0.05, 0) is 62.9 Å². The highest BCUT2D eigenvalue weighted by atomic mass is 35.5. The Kier molecular flexibility index (Phi) is 6.65. The molecule has 1 spiro atoms. The fourth-order valence-electron chi connectivity index (χ4n) is 7.88. The number of H-pyrrole nitrogens is 1. The Morgan fingerprint density at radius 1 is 1.18 bits per heavy atom. The Morgan fingerprint density at radius 2 is 2.00 bits per heavy atom. The number of hydrogen-bond acceptors (Lipinski definition) is 5. The summed E-state index contributed by atoms with van der Waals surface area (Å²) in [6, 6.07) is 8.66. The maximum absolute atomic E-state index is 13.7. The van der Waals surface area contributed by atoms with Crippen molar-refractivity contribution in [2.45, 2.75) is 51.9 Å². The van der Waals surface area contributed by atoms with E-state index in [1.807, 2.05) is 35.0 Å². The van der Waals surface area contributed by atoms with Gasteiger partial charge in [-0.2, -0.15) is 15.3 Å². The number of rotatable bonds is 7. The maximum Gasteiger partial charge on any atom is 0.245 e. The monoisotopic (exact) mass is 626 g/mol. The van der Waals surface area contributed by atoms with E-state index < -0.39 is 6.17 Å². The van der Waals surface area contributed by atoms with Crippen LogP contribution in [0.1, 0.15) is 36.6 Å². The number of amides is 1. The van der Waals surface area contributed by atoms with E-state index in [1.54, 1.807) is 0 Å². The van der Waals surface area contributed by atoms with E-state index in [2.05, 4.69) is 56.6 Å². The molecule has 3 aliphatic rings. The lowest BCUT2D eigenvalue weighted by Crippen LogP contribution is -2.63. The normalized spacial score (nSPS) is 19.9. The quantitative estimate of drug-likeness (QED) is 0.220. The van der Waals surface area contributed by atoms with E-state index in [-0.39, 0.29) is 17.4 Å². The third-order valence-electron chi connectivity index (χ3n) is 10.2. The number of aromatic nitrogens is 6. The number of aromatic amines is 1. The Balaban J connectivity index is 1.17. The molecule has 2 aromatic carbocycles. The van der Waals surface area contributed by atoms with Crippen LogP contribution < -0.4 is 0 Å². The van der Waals surface area contributed by atoms with E-state index in [0.717, 1.165) is 94.5 Å². The average Bonchev–Trinajstić information content (AvgIpc) is 3.78. The second-order valence-corrected chi connectivity index (χ2v) is 13.6. The molecule has 0 radical (unpaired) electrons. The molecular weight excluding hydrogens is 591 g/mol. The standard InChI is InChI=1S/C34H36ClFN8O/c1-4-29(45)42-18-34(19-42)13-25(14-34)44-21(3)30(31-26-16-37-39-27(26)11-20(2)32(31)35)33(40-44)22-5-6-28-23(12-22)15-38-43(28)10-9-41-8-7-24(36)17-41/h4-6,11-12,15-16,24-25H,1,7-10,13-14,17-19H2,2-3H3,(H,37,39)/t24-/m0/s1. The topological polar surface area (TPSA) is 87.9 Å². The minimum Gasteiger partial charge on any atom is -0.338 e. The lowest BCUT2D eigenvalue weighted by Gasteiger charge is -2.58. The van der Waals surface area contributed by atoms with Crippen LogP contribution in [0.4, 0.5) is 4.39 Å². The van der Waals surface area contributed by atoms with Gasteiger partial charge < -0.3 is 4.90 Å². The molecule has 5 aromatic rings. The second-order valence-electron chi connectivity index (χ2n) is 13.3. The van der Waals surface area contributed by atoms with Crippen molar-refractivity contribution in [2.24, 2.45) is 5.41 Å². The van der Waals surface area contributed by atoms with Gasteiger partial charge in [-0.1, -0.05) is 24.2 Å². The molecule has 5 heterocycles. The van der Waals surface area contributed by atoms with Crippen molar-refractivity contribution in [3.05, 3.63) is 65.6 Å². The van der Waals surface area contributed by atoms with Crippen LogP contribution in [0.3, 0.4) is 0 Å². The third-order valence-corrected chi connectivity index (χ3v) is 10.7. The summed E-state index contributed by atoms with van der Waals surface area (Å²) in [7, 11) is 0. The molecule has 1 aliphatic carbocycles. The van der Waals surface area contributed by atoms with E-state index in [9.17, 15) is 9.18 Å². The number of hydrogen-bond donors (Lipinski definition) is 1. The van der Waals surface area contributed by atoms with Gasteiger partial charge in [0, 0.05) is 71.3 Å². The Bertz CT molecular complexity index is 1980. The van der Waals surface area contributed by atoms with Crippen molar-refractivity contribution in [3.63, 3.8) is 0 Å². The average molecular weight is 627 g/mol. The fraction of sp³-hybridized carbons (Fsp3) is 0.412. The smallest absolute Gasteiger partial charge is 0.245 e. The van der Waals surface area contributed by atoms with Gasteiger partial charge in [0.25, 0.3) is 0 Å². The second kappa shape index (κ2) is 10.5. The molecule has 1 saturated carbocycles. The van der Waals surface area contributed by atoms with E-state index in [1.165, 1.54) is 6.08 Å². The first-order valence-electron chi connectivity index (χ1n) is 15.7.